The van der Waals surface area contributed by atoms with Gasteiger partial charge in [-0.3, -0.25) is 4.79 Å². The van der Waals surface area contributed by atoms with E-state index in [-0.39, 0.29) is 11.8 Å². The summed E-state index contributed by atoms with van der Waals surface area (Å²) in [6.07, 6.45) is 0.969. The Morgan fingerprint density at radius 2 is 2.00 bits per heavy atom. The minimum Gasteiger partial charge on any atom is -0.469 e. The van der Waals surface area contributed by atoms with Crippen LogP contribution in [0.25, 0.3) is 11.1 Å². The monoisotopic (exact) mass is 272 g/mol. The van der Waals surface area contributed by atoms with Gasteiger partial charge in [0.1, 0.15) is 5.82 Å². The molecule has 0 saturated heterocycles. The molecule has 0 atom stereocenters. The lowest BCUT2D eigenvalue weighted by Crippen LogP contribution is -2.01. The van der Waals surface area contributed by atoms with Crippen LogP contribution in [0, 0.1) is 12.7 Å². The fourth-order valence-electron chi connectivity index (χ4n) is 2.15. The Labute approximate surface area is 118 Å². The standard InChI is InChI=1S/C17H17FO2/c1-12-6-8-15(18)11-16(12)14-5-3-4-13(10-14)7-9-17(19)20-2/h3-6,8,10-11H,7,9H2,1-2H3. The lowest BCUT2D eigenvalue weighted by molar-refractivity contribution is -0.140. The van der Waals surface area contributed by atoms with Gasteiger partial charge >= 0.3 is 5.97 Å². The minimum absolute atomic E-state index is 0.225. The van der Waals surface area contributed by atoms with Crippen molar-refractivity contribution in [3.63, 3.8) is 0 Å². The van der Waals surface area contributed by atoms with Crippen molar-refractivity contribution >= 4 is 5.97 Å². The van der Waals surface area contributed by atoms with E-state index in [1.165, 1.54) is 19.2 Å². The van der Waals surface area contributed by atoms with E-state index < -0.39 is 0 Å². The SMILES string of the molecule is COC(=O)CCc1cccc(-c2cc(F)ccc2C)c1. The van der Waals surface area contributed by atoms with Crippen molar-refractivity contribution in [1.82, 2.24) is 0 Å². The molecule has 2 aromatic carbocycles. The van der Waals surface area contributed by atoms with Crippen LogP contribution in [0.5, 0.6) is 0 Å². The predicted molar refractivity (Wildman–Crippen MR) is 76.9 cm³/mol. The Morgan fingerprint density at radius 1 is 1.20 bits per heavy atom. The van der Waals surface area contributed by atoms with Crippen LogP contribution in [-0.2, 0) is 16.0 Å². The van der Waals surface area contributed by atoms with E-state index in [1.54, 1.807) is 6.07 Å². The third kappa shape index (κ3) is 3.44. The molecule has 0 fully saturated rings. The van der Waals surface area contributed by atoms with Crippen LogP contribution in [0.1, 0.15) is 17.5 Å². The van der Waals surface area contributed by atoms with Crippen LogP contribution in [0.2, 0.25) is 0 Å². The average Bonchev–Trinajstić information content (AvgIpc) is 2.47. The van der Waals surface area contributed by atoms with Gasteiger partial charge in [-0.1, -0.05) is 30.3 Å². The summed E-state index contributed by atoms with van der Waals surface area (Å²) in [7, 11) is 1.38. The van der Waals surface area contributed by atoms with Crippen LogP contribution in [0.3, 0.4) is 0 Å². The molecular formula is C17H17FO2. The molecule has 20 heavy (non-hydrogen) atoms. The third-order valence-electron chi connectivity index (χ3n) is 3.28. The molecule has 0 spiro atoms. The van der Waals surface area contributed by atoms with Gasteiger partial charge < -0.3 is 4.74 Å². The second-order valence-corrected chi connectivity index (χ2v) is 4.74. The molecule has 2 nitrogen and oxygen atoms in total. The van der Waals surface area contributed by atoms with E-state index in [9.17, 15) is 9.18 Å². The molecule has 0 aliphatic rings. The number of esters is 1. The molecule has 0 saturated carbocycles. The summed E-state index contributed by atoms with van der Waals surface area (Å²) >= 11 is 0. The quantitative estimate of drug-likeness (QED) is 0.789. The van der Waals surface area contributed by atoms with Crippen molar-refractivity contribution in [2.75, 3.05) is 7.11 Å². The van der Waals surface area contributed by atoms with Crippen molar-refractivity contribution in [3.8, 4) is 11.1 Å². The Balaban J connectivity index is 2.25. The number of rotatable bonds is 4. The first-order chi connectivity index (χ1) is 9.60. The van der Waals surface area contributed by atoms with Crippen molar-refractivity contribution in [1.29, 1.82) is 0 Å². The fraction of sp³-hybridized carbons (Fsp3) is 0.235. The van der Waals surface area contributed by atoms with Crippen LogP contribution >= 0.6 is 0 Å². The Morgan fingerprint density at radius 3 is 2.75 bits per heavy atom. The Bertz CT molecular complexity index is 620. The van der Waals surface area contributed by atoms with E-state index in [0.29, 0.717) is 12.8 Å². The summed E-state index contributed by atoms with van der Waals surface area (Å²) in [4.78, 5) is 11.2. The second-order valence-electron chi connectivity index (χ2n) is 4.74. The van der Waals surface area contributed by atoms with Crippen molar-refractivity contribution in [3.05, 3.63) is 59.4 Å². The average molecular weight is 272 g/mol. The molecule has 0 aliphatic carbocycles. The maximum absolute atomic E-state index is 13.4. The molecule has 0 aliphatic heterocycles. The number of carbonyl (C=O) groups is 1. The lowest BCUT2D eigenvalue weighted by atomic mass is 9.97. The predicted octanol–water partition coefficient (Wildman–Crippen LogP) is 3.91. The van der Waals surface area contributed by atoms with Gasteiger partial charge in [0.25, 0.3) is 0 Å². The van der Waals surface area contributed by atoms with E-state index in [1.807, 2.05) is 31.2 Å². The molecular weight excluding hydrogens is 255 g/mol. The van der Waals surface area contributed by atoms with E-state index in [2.05, 4.69) is 4.74 Å². The number of methoxy groups -OCH3 is 1. The van der Waals surface area contributed by atoms with Gasteiger partial charge in [-0.25, -0.2) is 4.39 Å². The Kier molecular flexibility index (Phi) is 4.51. The number of carbonyl (C=O) groups excluding carboxylic acids is 1. The van der Waals surface area contributed by atoms with Gasteiger partial charge in [-0.15, -0.1) is 0 Å². The number of halogens is 1. The number of ether oxygens (including phenoxy) is 1. The first-order valence-corrected chi connectivity index (χ1v) is 6.52. The topological polar surface area (TPSA) is 26.3 Å². The summed E-state index contributed by atoms with van der Waals surface area (Å²) in [5.41, 5.74) is 3.90. The normalized spacial score (nSPS) is 10.3. The maximum Gasteiger partial charge on any atom is 0.305 e. The summed E-state index contributed by atoms with van der Waals surface area (Å²) in [5.74, 6) is -0.470. The van der Waals surface area contributed by atoms with Gasteiger partial charge in [-0.2, -0.15) is 0 Å². The van der Waals surface area contributed by atoms with Gasteiger partial charge in [0.05, 0.1) is 7.11 Å². The second kappa shape index (κ2) is 6.33. The summed E-state index contributed by atoms with van der Waals surface area (Å²) in [6, 6.07) is 12.6. The maximum atomic E-state index is 13.4. The molecule has 2 aromatic rings. The zero-order chi connectivity index (χ0) is 14.5. The van der Waals surface area contributed by atoms with Gasteiger partial charge in [0.2, 0.25) is 0 Å². The molecule has 0 bridgehead atoms. The van der Waals surface area contributed by atoms with Crippen LogP contribution < -0.4 is 0 Å². The highest BCUT2D eigenvalue weighted by molar-refractivity contribution is 5.70. The highest BCUT2D eigenvalue weighted by atomic mass is 19.1. The molecule has 0 heterocycles. The van der Waals surface area contributed by atoms with Gasteiger partial charge in [0.15, 0.2) is 0 Å². The summed E-state index contributed by atoms with van der Waals surface area (Å²) < 4.78 is 18.0. The fourth-order valence-corrected chi connectivity index (χ4v) is 2.15. The Hall–Kier alpha value is -2.16. The van der Waals surface area contributed by atoms with Crippen molar-refractivity contribution in [2.24, 2.45) is 0 Å². The van der Waals surface area contributed by atoms with E-state index >= 15 is 0 Å². The number of benzene rings is 2. The van der Waals surface area contributed by atoms with Gasteiger partial charge in [0, 0.05) is 6.42 Å². The molecule has 0 radical (unpaired) electrons. The van der Waals surface area contributed by atoms with Crippen molar-refractivity contribution < 1.29 is 13.9 Å². The number of hydrogen-bond donors (Lipinski definition) is 0. The first kappa shape index (κ1) is 14.3. The molecule has 104 valence electrons. The number of aryl methyl sites for hydroxylation is 2. The molecule has 0 aromatic heterocycles. The highest BCUT2D eigenvalue weighted by Gasteiger charge is 2.06. The zero-order valence-electron chi connectivity index (χ0n) is 11.7. The zero-order valence-corrected chi connectivity index (χ0v) is 11.7. The van der Waals surface area contributed by atoms with Crippen molar-refractivity contribution in [2.45, 2.75) is 19.8 Å². The van der Waals surface area contributed by atoms with Crippen LogP contribution in [-0.4, -0.2) is 13.1 Å². The highest BCUT2D eigenvalue weighted by Crippen LogP contribution is 2.25. The molecule has 0 unspecified atom stereocenters. The summed E-state index contributed by atoms with van der Waals surface area (Å²) in [5, 5.41) is 0. The number of hydrogen-bond acceptors (Lipinski definition) is 2. The van der Waals surface area contributed by atoms with Crippen LogP contribution in [0.15, 0.2) is 42.5 Å². The van der Waals surface area contributed by atoms with Gasteiger partial charge in [-0.05, 0) is 47.7 Å². The molecule has 0 N–H and O–H groups in total. The first-order valence-electron chi connectivity index (χ1n) is 6.52. The van der Waals surface area contributed by atoms with Crippen LogP contribution in [0.4, 0.5) is 4.39 Å². The smallest absolute Gasteiger partial charge is 0.305 e. The largest absolute Gasteiger partial charge is 0.469 e. The molecule has 3 heteroatoms. The van der Waals surface area contributed by atoms with E-state index in [4.69, 9.17) is 0 Å². The lowest BCUT2D eigenvalue weighted by Gasteiger charge is -2.08. The van der Waals surface area contributed by atoms with E-state index in [0.717, 1.165) is 22.3 Å². The molecule has 2 rings (SSSR count). The third-order valence-corrected chi connectivity index (χ3v) is 3.28. The summed E-state index contributed by atoms with van der Waals surface area (Å²) in [6.45, 7) is 1.95. The minimum atomic E-state index is -0.245. The molecule has 0 amide bonds.